The van der Waals surface area contributed by atoms with Crippen molar-refractivity contribution in [1.29, 1.82) is 0 Å². The smallest absolute Gasteiger partial charge is 0.416 e. The number of carbonyl (C=O) groups excluding carboxylic acids is 1. The highest BCUT2D eigenvalue weighted by molar-refractivity contribution is 5.69. The van der Waals surface area contributed by atoms with E-state index in [2.05, 4.69) is 0 Å². The van der Waals surface area contributed by atoms with Gasteiger partial charge in [0.05, 0.1) is 22.6 Å². The molecule has 0 bridgehead atoms. The van der Waals surface area contributed by atoms with Crippen molar-refractivity contribution in [3.05, 3.63) is 33.9 Å². The monoisotopic (exact) mass is 390 g/mol. The van der Waals surface area contributed by atoms with E-state index in [1.165, 1.54) is 4.90 Å². The van der Waals surface area contributed by atoms with Gasteiger partial charge in [0.1, 0.15) is 18.0 Å². The minimum atomic E-state index is -4.74. The van der Waals surface area contributed by atoms with Gasteiger partial charge in [-0.2, -0.15) is 13.2 Å². The van der Waals surface area contributed by atoms with E-state index >= 15 is 0 Å². The topological polar surface area (TPSA) is 81.9 Å². The van der Waals surface area contributed by atoms with Crippen molar-refractivity contribution in [1.82, 2.24) is 4.90 Å². The largest absolute Gasteiger partial charge is 0.491 e. The summed E-state index contributed by atoms with van der Waals surface area (Å²) in [6.07, 6.45) is -3.96. The number of likely N-dealkylation sites (tertiary alicyclic amines) is 1. The SMILES string of the molecule is CC(C)(C)OC(=O)N1CCC[C@H]1COc1cc([N+](=O)[O-])cc(C(F)(F)F)c1. The third-order valence-electron chi connectivity index (χ3n) is 3.88. The maximum Gasteiger partial charge on any atom is 0.416 e. The summed E-state index contributed by atoms with van der Waals surface area (Å²) in [7, 11) is 0. The van der Waals surface area contributed by atoms with Crippen LogP contribution in [0.2, 0.25) is 0 Å². The Kier molecular flexibility index (Phi) is 5.86. The Hall–Kier alpha value is -2.52. The summed E-state index contributed by atoms with van der Waals surface area (Å²) in [5.41, 5.74) is -2.55. The van der Waals surface area contributed by atoms with E-state index in [4.69, 9.17) is 9.47 Å². The maximum atomic E-state index is 12.9. The Bertz CT molecular complexity index is 716. The van der Waals surface area contributed by atoms with Crippen LogP contribution in [0.5, 0.6) is 5.75 Å². The highest BCUT2D eigenvalue weighted by Gasteiger charge is 2.35. The highest BCUT2D eigenvalue weighted by atomic mass is 19.4. The first-order chi connectivity index (χ1) is 12.4. The average molecular weight is 390 g/mol. The molecule has 0 aromatic heterocycles. The average Bonchev–Trinajstić information content (AvgIpc) is 2.98. The van der Waals surface area contributed by atoms with Crippen LogP contribution in [0.4, 0.5) is 23.7 Å². The number of nitro groups is 1. The van der Waals surface area contributed by atoms with Crippen molar-refractivity contribution in [3.8, 4) is 5.75 Å². The highest BCUT2D eigenvalue weighted by Crippen LogP contribution is 2.35. The number of amides is 1. The van der Waals surface area contributed by atoms with Gasteiger partial charge < -0.3 is 14.4 Å². The molecule has 1 aliphatic heterocycles. The van der Waals surface area contributed by atoms with Crippen LogP contribution < -0.4 is 4.74 Å². The standard InChI is InChI=1S/C17H21F3N2O5/c1-16(2,3)27-15(23)21-6-4-5-12(21)10-26-14-8-11(17(18,19)20)7-13(9-14)22(24)25/h7-9,12H,4-6,10H2,1-3H3/t12-/m0/s1. The van der Waals surface area contributed by atoms with Gasteiger partial charge in [-0.1, -0.05) is 0 Å². The number of benzene rings is 1. The summed E-state index contributed by atoms with van der Waals surface area (Å²) in [6, 6.07) is 1.71. The van der Waals surface area contributed by atoms with Crippen LogP contribution in [0, 0.1) is 10.1 Å². The molecule has 1 atom stereocenters. The fraction of sp³-hybridized carbons (Fsp3) is 0.588. The van der Waals surface area contributed by atoms with Crippen molar-refractivity contribution in [2.45, 2.75) is 51.4 Å². The van der Waals surface area contributed by atoms with Gasteiger partial charge in [0, 0.05) is 12.6 Å². The van der Waals surface area contributed by atoms with Gasteiger partial charge >= 0.3 is 12.3 Å². The molecule has 7 nitrogen and oxygen atoms in total. The third-order valence-corrected chi connectivity index (χ3v) is 3.88. The zero-order chi connectivity index (χ0) is 20.4. The second kappa shape index (κ2) is 7.61. The molecule has 0 spiro atoms. The molecule has 1 aliphatic rings. The lowest BCUT2D eigenvalue weighted by Crippen LogP contribution is -2.42. The fourth-order valence-corrected chi connectivity index (χ4v) is 2.70. The molecule has 10 heteroatoms. The van der Waals surface area contributed by atoms with Crippen molar-refractivity contribution in [2.75, 3.05) is 13.2 Å². The summed E-state index contributed by atoms with van der Waals surface area (Å²) in [5.74, 6) is -0.271. The van der Waals surface area contributed by atoms with E-state index in [-0.39, 0.29) is 18.4 Å². The van der Waals surface area contributed by atoms with Crippen molar-refractivity contribution in [3.63, 3.8) is 0 Å². The molecule has 150 valence electrons. The molecule has 27 heavy (non-hydrogen) atoms. The molecule has 1 aromatic rings. The van der Waals surface area contributed by atoms with Crippen molar-refractivity contribution >= 4 is 11.8 Å². The number of nitrogens with zero attached hydrogens (tertiary/aromatic N) is 2. The number of non-ortho nitro benzene ring substituents is 1. The molecule has 0 radical (unpaired) electrons. The van der Waals surface area contributed by atoms with Gasteiger partial charge in [0.2, 0.25) is 0 Å². The Morgan fingerprint density at radius 3 is 2.52 bits per heavy atom. The number of rotatable bonds is 4. The number of ether oxygens (including phenoxy) is 2. The van der Waals surface area contributed by atoms with Crippen LogP contribution in [0.3, 0.4) is 0 Å². The molecule has 1 saturated heterocycles. The molecule has 0 saturated carbocycles. The summed E-state index contributed by atoms with van der Waals surface area (Å²) in [5, 5.41) is 10.9. The summed E-state index contributed by atoms with van der Waals surface area (Å²) < 4.78 is 49.5. The fourth-order valence-electron chi connectivity index (χ4n) is 2.70. The number of hydrogen-bond acceptors (Lipinski definition) is 5. The van der Waals surface area contributed by atoms with Crippen LogP contribution in [0.25, 0.3) is 0 Å². The molecule has 1 fully saturated rings. The van der Waals surface area contributed by atoms with E-state index in [1.807, 2.05) is 0 Å². The quantitative estimate of drug-likeness (QED) is 0.562. The molecule has 1 aromatic carbocycles. The van der Waals surface area contributed by atoms with Gasteiger partial charge in [-0.15, -0.1) is 0 Å². The maximum absolute atomic E-state index is 12.9. The van der Waals surface area contributed by atoms with Gasteiger partial charge in [-0.05, 0) is 39.7 Å². The lowest BCUT2D eigenvalue weighted by molar-refractivity contribution is -0.385. The van der Waals surface area contributed by atoms with Gasteiger partial charge in [0.15, 0.2) is 0 Å². The molecular formula is C17H21F3N2O5. The summed E-state index contributed by atoms with van der Waals surface area (Å²) >= 11 is 0. The van der Waals surface area contributed by atoms with Gasteiger partial charge in [0.25, 0.3) is 5.69 Å². The van der Waals surface area contributed by atoms with E-state index < -0.39 is 34.0 Å². The Morgan fingerprint density at radius 1 is 1.30 bits per heavy atom. The minimum Gasteiger partial charge on any atom is -0.491 e. The third kappa shape index (κ3) is 5.73. The number of carbonyl (C=O) groups is 1. The number of alkyl halides is 3. The predicted octanol–water partition coefficient (Wildman–Crippen LogP) is 4.39. The van der Waals surface area contributed by atoms with Crippen molar-refractivity contribution in [2.24, 2.45) is 0 Å². The van der Waals surface area contributed by atoms with Gasteiger partial charge in [-0.3, -0.25) is 10.1 Å². The second-order valence-corrected chi connectivity index (χ2v) is 7.25. The summed E-state index contributed by atoms with van der Waals surface area (Å²) in [6.45, 7) is 5.56. The van der Waals surface area contributed by atoms with Crippen LogP contribution in [-0.4, -0.2) is 40.7 Å². The minimum absolute atomic E-state index is 0.0856. The first kappa shape index (κ1) is 20.8. The molecule has 0 aliphatic carbocycles. The van der Waals surface area contributed by atoms with Crippen LogP contribution in [0.1, 0.15) is 39.2 Å². The van der Waals surface area contributed by atoms with E-state index in [0.717, 1.165) is 6.07 Å². The first-order valence-corrected chi connectivity index (χ1v) is 8.36. The Morgan fingerprint density at radius 2 is 1.96 bits per heavy atom. The normalized spacial score (nSPS) is 17.7. The van der Waals surface area contributed by atoms with Gasteiger partial charge in [-0.25, -0.2) is 4.79 Å². The number of halogens is 3. The zero-order valence-corrected chi connectivity index (χ0v) is 15.2. The molecule has 2 rings (SSSR count). The lowest BCUT2D eigenvalue weighted by atomic mass is 10.2. The van der Waals surface area contributed by atoms with E-state index in [0.29, 0.717) is 31.5 Å². The molecule has 1 heterocycles. The predicted molar refractivity (Wildman–Crippen MR) is 89.6 cm³/mol. The second-order valence-electron chi connectivity index (χ2n) is 7.25. The van der Waals surface area contributed by atoms with Crippen LogP contribution in [0.15, 0.2) is 18.2 Å². The molecule has 0 N–H and O–H groups in total. The lowest BCUT2D eigenvalue weighted by Gasteiger charge is -2.28. The van der Waals surface area contributed by atoms with Crippen LogP contribution >= 0.6 is 0 Å². The van der Waals surface area contributed by atoms with E-state index in [1.54, 1.807) is 20.8 Å². The first-order valence-electron chi connectivity index (χ1n) is 8.36. The summed E-state index contributed by atoms with van der Waals surface area (Å²) in [4.78, 5) is 23.7. The number of hydrogen-bond donors (Lipinski definition) is 0. The molecule has 0 unspecified atom stereocenters. The Labute approximate surface area is 154 Å². The molecule has 1 amide bonds. The van der Waals surface area contributed by atoms with E-state index in [9.17, 15) is 28.1 Å². The van der Waals surface area contributed by atoms with Crippen LogP contribution in [-0.2, 0) is 10.9 Å². The molecular weight excluding hydrogens is 369 g/mol. The Balaban J connectivity index is 2.12. The zero-order valence-electron chi connectivity index (χ0n) is 15.2. The number of nitro benzene ring substituents is 1. The van der Waals surface area contributed by atoms with Crippen molar-refractivity contribution < 1.29 is 32.4 Å².